The number of hydrogen-bond donors (Lipinski definition) is 1. The first-order valence-electron chi connectivity index (χ1n) is 3.92. The van der Waals surface area contributed by atoms with Gasteiger partial charge >= 0.3 is 0 Å². The molecule has 15 heavy (non-hydrogen) atoms. The molecule has 1 N–H and O–H groups in total. The van der Waals surface area contributed by atoms with Crippen LogP contribution in [0.25, 0.3) is 0 Å². The van der Waals surface area contributed by atoms with Gasteiger partial charge in [-0.1, -0.05) is 18.2 Å². The molecule has 0 radical (unpaired) electrons. The van der Waals surface area contributed by atoms with Crippen molar-refractivity contribution in [1.82, 2.24) is 0 Å². The minimum Gasteiger partial charge on any atom is -0.290 e. The van der Waals surface area contributed by atoms with Crippen molar-refractivity contribution in [2.24, 2.45) is 0 Å². The molecule has 1 aromatic carbocycles. The van der Waals surface area contributed by atoms with Crippen LogP contribution < -0.4 is 4.90 Å². The van der Waals surface area contributed by atoms with Crippen LogP contribution >= 0.6 is 0 Å². The predicted octanol–water partition coefficient (Wildman–Crippen LogP) is 0.758. The normalized spacial score (nSPS) is 14.2. The molecule has 1 unspecified atom stereocenters. The fraction of sp³-hybridized carbons (Fsp3) is 0.125. The van der Waals surface area contributed by atoms with Crippen molar-refractivity contribution in [1.29, 1.82) is 0 Å². The first-order valence-corrected chi connectivity index (χ1v) is 6.28. The molecule has 7 heteroatoms. The third-order valence-corrected chi connectivity index (χ3v) is 2.25. The van der Waals surface area contributed by atoms with Crippen LogP contribution in [0.1, 0.15) is 0 Å². The van der Waals surface area contributed by atoms with Crippen LogP contribution in [0.5, 0.6) is 0 Å². The van der Waals surface area contributed by atoms with Crippen molar-refractivity contribution in [3.63, 3.8) is 0 Å². The lowest BCUT2D eigenvalue weighted by Crippen LogP contribution is -2.25. The number of benzene rings is 1. The lowest BCUT2D eigenvalue weighted by Gasteiger charge is -2.16. The minimum atomic E-state index is -3.70. The van der Waals surface area contributed by atoms with Crippen molar-refractivity contribution >= 4 is 32.3 Å². The number of carbonyl (C=O) groups is 1. The molecule has 1 aromatic rings. The Balaban J connectivity index is 2.70. The number of anilines is 1. The maximum Gasteiger partial charge on any atom is 0.268 e. The Bertz CT molecular complexity index is 418. The van der Waals surface area contributed by atoms with Gasteiger partial charge in [0.1, 0.15) is 6.73 Å². The molecule has 0 aromatic heterocycles. The van der Waals surface area contributed by atoms with Crippen LogP contribution in [0.15, 0.2) is 30.3 Å². The van der Waals surface area contributed by atoms with Crippen LogP contribution in [-0.2, 0) is 29.2 Å². The molecule has 1 amide bonds. The summed E-state index contributed by atoms with van der Waals surface area (Å²) in [7, 11) is -3.70. The van der Waals surface area contributed by atoms with Crippen LogP contribution in [0, 0.1) is 0 Å². The first kappa shape index (κ1) is 12.1. The summed E-state index contributed by atoms with van der Waals surface area (Å²) in [6.45, 7) is -0.355. The van der Waals surface area contributed by atoms with Gasteiger partial charge in [0.05, 0.1) is 0 Å². The van der Waals surface area contributed by atoms with E-state index in [1.807, 2.05) is 0 Å². The second-order valence-electron chi connectivity index (χ2n) is 2.59. The summed E-state index contributed by atoms with van der Waals surface area (Å²) < 4.78 is 23.8. The Kier molecular flexibility index (Phi) is 4.15. The van der Waals surface area contributed by atoms with E-state index in [-0.39, 0.29) is 6.73 Å². The van der Waals surface area contributed by atoms with Crippen LogP contribution in [0.2, 0.25) is 0 Å². The quantitative estimate of drug-likeness (QED) is 0.614. The van der Waals surface area contributed by atoms with E-state index in [4.69, 9.17) is 4.55 Å². The van der Waals surface area contributed by atoms with Gasteiger partial charge in [-0.2, -0.15) is 4.21 Å². The Morgan fingerprint density at radius 1 is 1.47 bits per heavy atom. The zero-order chi connectivity index (χ0) is 11.3. The van der Waals surface area contributed by atoms with Gasteiger partial charge in [0, 0.05) is 16.9 Å². The van der Waals surface area contributed by atoms with Gasteiger partial charge < -0.3 is 0 Å². The van der Waals surface area contributed by atoms with Crippen molar-refractivity contribution < 1.29 is 17.7 Å². The van der Waals surface area contributed by atoms with Crippen molar-refractivity contribution in [3.8, 4) is 0 Å². The molecule has 0 aliphatic rings. The highest BCUT2D eigenvalue weighted by atomic mass is 32.9. The van der Waals surface area contributed by atoms with Gasteiger partial charge in [-0.25, -0.2) is 4.18 Å². The van der Waals surface area contributed by atoms with E-state index in [9.17, 15) is 9.00 Å². The zero-order valence-electron chi connectivity index (χ0n) is 7.61. The highest BCUT2D eigenvalue weighted by Gasteiger charge is 2.07. The second-order valence-corrected chi connectivity index (χ2v) is 4.94. The molecule has 0 aliphatic carbocycles. The Hall–Kier alpha value is -1.02. The first-order chi connectivity index (χ1) is 7.03. The van der Waals surface area contributed by atoms with Crippen molar-refractivity contribution in [2.75, 3.05) is 11.6 Å². The number of carbonyl (C=O) groups excluding carboxylic acids is 1. The van der Waals surface area contributed by atoms with Crippen LogP contribution in [0.3, 0.4) is 0 Å². The number of rotatable bonds is 5. The highest BCUT2D eigenvalue weighted by molar-refractivity contribution is 8.27. The zero-order valence-corrected chi connectivity index (χ0v) is 9.24. The van der Waals surface area contributed by atoms with Gasteiger partial charge in [-0.3, -0.25) is 14.2 Å². The molecule has 0 spiro atoms. The van der Waals surface area contributed by atoms with Gasteiger partial charge in [-0.05, 0) is 12.1 Å². The fourth-order valence-electron chi connectivity index (χ4n) is 0.909. The van der Waals surface area contributed by atoms with Crippen molar-refractivity contribution in [2.45, 2.75) is 0 Å². The molecule has 0 saturated heterocycles. The lowest BCUT2D eigenvalue weighted by atomic mass is 10.3. The third kappa shape index (κ3) is 4.34. The van der Waals surface area contributed by atoms with Crippen molar-refractivity contribution in [3.05, 3.63) is 30.3 Å². The molecule has 82 valence electrons. The van der Waals surface area contributed by atoms with Crippen LogP contribution in [-0.4, -0.2) is 21.9 Å². The van der Waals surface area contributed by atoms with E-state index in [0.717, 1.165) is 4.90 Å². The number of para-hydroxylation sites is 1. The average Bonchev–Trinajstić information content (AvgIpc) is 2.19. The molecule has 1 atom stereocenters. The molecule has 0 fully saturated rings. The Labute approximate surface area is 92.4 Å². The Morgan fingerprint density at radius 2 is 2.07 bits per heavy atom. The van der Waals surface area contributed by atoms with Gasteiger partial charge in [0.2, 0.25) is 6.41 Å². The molecule has 0 heterocycles. The lowest BCUT2D eigenvalue weighted by molar-refractivity contribution is -0.108. The van der Waals surface area contributed by atoms with E-state index in [2.05, 4.69) is 15.4 Å². The van der Waals surface area contributed by atoms with Gasteiger partial charge in [-0.15, -0.1) is 0 Å². The molecule has 5 nitrogen and oxygen atoms in total. The third-order valence-electron chi connectivity index (χ3n) is 1.56. The summed E-state index contributed by atoms with van der Waals surface area (Å²) in [5, 5.41) is 0. The molecule has 1 rings (SSSR count). The number of amides is 1. The van der Waals surface area contributed by atoms with E-state index in [1.54, 1.807) is 30.3 Å². The number of hydrogen-bond acceptors (Lipinski definition) is 4. The van der Waals surface area contributed by atoms with E-state index in [0.29, 0.717) is 12.1 Å². The monoisotopic (exact) mass is 247 g/mol. The van der Waals surface area contributed by atoms with Gasteiger partial charge in [0.25, 0.3) is 9.05 Å². The van der Waals surface area contributed by atoms with Gasteiger partial charge in [0.15, 0.2) is 0 Å². The summed E-state index contributed by atoms with van der Waals surface area (Å²) in [6, 6.07) is 8.59. The summed E-state index contributed by atoms with van der Waals surface area (Å²) >= 11 is 4.12. The molecular weight excluding hydrogens is 238 g/mol. The maximum atomic E-state index is 10.7. The summed E-state index contributed by atoms with van der Waals surface area (Å²) in [5.41, 5.74) is 0.561. The molecular formula is C8H9NO4S2. The average molecular weight is 247 g/mol. The minimum absolute atomic E-state index is 0.355. The predicted molar refractivity (Wildman–Crippen MR) is 59.1 cm³/mol. The SMILES string of the molecule is O=CN(COS(=O)(O)=S)c1ccccc1. The number of nitrogens with zero attached hydrogens (tertiary/aromatic N) is 1. The van der Waals surface area contributed by atoms with E-state index >= 15 is 0 Å². The molecule has 0 saturated carbocycles. The molecule has 0 bridgehead atoms. The van der Waals surface area contributed by atoms with Crippen LogP contribution in [0.4, 0.5) is 5.69 Å². The topological polar surface area (TPSA) is 66.8 Å². The standard InChI is InChI=1S/C8H9NO4S2/c10-6-9(7-13-15(11,12)14)8-4-2-1-3-5-8/h1-6H,7H2,(H,11,12,14). The largest absolute Gasteiger partial charge is 0.290 e. The highest BCUT2D eigenvalue weighted by Crippen LogP contribution is 2.11. The summed E-state index contributed by atoms with van der Waals surface area (Å²) in [5.74, 6) is 0. The maximum absolute atomic E-state index is 10.7. The van der Waals surface area contributed by atoms with E-state index in [1.165, 1.54) is 0 Å². The smallest absolute Gasteiger partial charge is 0.268 e. The molecule has 0 aliphatic heterocycles. The van der Waals surface area contributed by atoms with E-state index < -0.39 is 9.05 Å². The fourth-order valence-corrected chi connectivity index (χ4v) is 1.28. The summed E-state index contributed by atoms with van der Waals surface area (Å²) in [4.78, 5) is 11.8. The Morgan fingerprint density at radius 3 is 2.53 bits per heavy atom. The second kappa shape index (κ2) is 5.17. The summed E-state index contributed by atoms with van der Waals surface area (Å²) in [6.07, 6.45) is 0.496.